The van der Waals surface area contributed by atoms with Gasteiger partial charge in [0, 0.05) is 23.6 Å². The summed E-state index contributed by atoms with van der Waals surface area (Å²) in [6.45, 7) is 0.764. The van der Waals surface area contributed by atoms with Crippen molar-refractivity contribution >= 4 is 17.7 Å². The molecule has 0 unspecified atom stereocenters. The number of hydrazine groups is 1. The van der Waals surface area contributed by atoms with E-state index in [1.165, 1.54) is 0 Å². The van der Waals surface area contributed by atoms with Gasteiger partial charge in [-0.15, -0.1) is 0 Å². The summed E-state index contributed by atoms with van der Waals surface area (Å²) in [7, 11) is 0. The lowest BCUT2D eigenvalue weighted by Crippen LogP contribution is -2.55. The fourth-order valence-electron chi connectivity index (χ4n) is 3.05. The number of hydrogen-bond donors (Lipinski definition) is 3. The van der Waals surface area contributed by atoms with Crippen LogP contribution in [0.2, 0.25) is 0 Å². The van der Waals surface area contributed by atoms with E-state index >= 15 is 0 Å². The van der Waals surface area contributed by atoms with Crippen LogP contribution < -0.4 is 16.2 Å². The first kappa shape index (κ1) is 18.2. The normalized spacial score (nSPS) is 21.1. The van der Waals surface area contributed by atoms with Gasteiger partial charge in [0.25, 0.3) is 5.91 Å². The first-order chi connectivity index (χ1) is 13.6. The van der Waals surface area contributed by atoms with Crippen molar-refractivity contribution in [3.8, 4) is 11.3 Å². The van der Waals surface area contributed by atoms with Crippen molar-refractivity contribution in [2.24, 2.45) is 11.8 Å². The fourth-order valence-corrected chi connectivity index (χ4v) is 3.05. The van der Waals surface area contributed by atoms with E-state index in [1.54, 1.807) is 6.07 Å². The van der Waals surface area contributed by atoms with Crippen LogP contribution in [0.3, 0.4) is 0 Å². The molecule has 1 aromatic heterocycles. The largest absolute Gasteiger partial charge is 0.380 e. The minimum atomic E-state index is -0.364. The highest BCUT2D eigenvalue weighted by Crippen LogP contribution is 2.28. The van der Waals surface area contributed by atoms with Gasteiger partial charge in [-0.05, 0) is 12.8 Å². The molecule has 2 heterocycles. The molecule has 2 aliphatic rings. The Kier molecular flexibility index (Phi) is 5.07. The highest BCUT2D eigenvalue weighted by atomic mass is 16.5. The Morgan fingerprint density at radius 1 is 0.964 bits per heavy atom. The topological polar surface area (TPSA) is 123 Å². The second-order valence-electron chi connectivity index (χ2n) is 6.99. The van der Waals surface area contributed by atoms with Crippen LogP contribution in [-0.4, -0.2) is 42.1 Å². The number of ether oxygens (including phenoxy) is 1. The molecule has 0 radical (unpaired) electrons. The number of amides is 3. The number of carbonyl (C=O) groups excluding carboxylic acids is 3. The van der Waals surface area contributed by atoms with Gasteiger partial charge in [-0.2, -0.15) is 0 Å². The summed E-state index contributed by atoms with van der Waals surface area (Å²) in [5.74, 6) is -1.19. The molecule has 1 aliphatic heterocycles. The monoisotopic (exact) mass is 384 g/mol. The second-order valence-corrected chi connectivity index (χ2v) is 6.99. The van der Waals surface area contributed by atoms with Crippen LogP contribution in [-0.2, 0) is 14.3 Å². The van der Waals surface area contributed by atoms with Crippen LogP contribution in [0.15, 0.2) is 40.9 Å². The summed E-state index contributed by atoms with van der Waals surface area (Å²) in [5, 5.41) is 6.75. The smallest absolute Gasteiger partial charge is 0.290 e. The van der Waals surface area contributed by atoms with E-state index in [1.807, 2.05) is 30.3 Å². The lowest BCUT2D eigenvalue weighted by atomic mass is 9.79. The number of benzene rings is 1. The van der Waals surface area contributed by atoms with Crippen LogP contribution in [0.1, 0.15) is 23.4 Å². The van der Waals surface area contributed by atoms with Crippen molar-refractivity contribution in [1.29, 1.82) is 0 Å². The van der Waals surface area contributed by atoms with Gasteiger partial charge in [0.15, 0.2) is 0 Å². The molecule has 0 bridgehead atoms. The third-order valence-corrected chi connectivity index (χ3v) is 4.97. The number of nitrogens with zero attached hydrogens (tertiary/aromatic N) is 1. The summed E-state index contributed by atoms with van der Waals surface area (Å²) >= 11 is 0. The Morgan fingerprint density at radius 2 is 1.64 bits per heavy atom. The van der Waals surface area contributed by atoms with Crippen molar-refractivity contribution in [2.45, 2.75) is 18.9 Å². The predicted molar refractivity (Wildman–Crippen MR) is 96.5 cm³/mol. The van der Waals surface area contributed by atoms with Gasteiger partial charge in [0.1, 0.15) is 5.69 Å². The van der Waals surface area contributed by atoms with Crippen molar-refractivity contribution in [2.75, 3.05) is 13.2 Å². The number of aromatic nitrogens is 1. The zero-order valence-corrected chi connectivity index (χ0v) is 15.0. The SMILES string of the molecule is O=C(N[C@H]1C[C@H](C(=O)NNC(=O)C2COC2)C1)c1cc(-c2ccccc2)no1. The Labute approximate surface area is 160 Å². The molecule has 9 heteroatoms. The highest BCUT2D eigenvalue weighted by molar-refractivity contribution is 5.93. The molecule has 1 saturated heterocycles. The molecule has 1 aliphatic carbocycles. The van der Waals surface area contributed by atoms with Crippen molar-refractivity contribution in [3.63, 3.8) is 0 Å². The lowest BCUT2D eigenvalue weighted by molar-refractivity contribution is -0.143. The van der Waals surface area contributed by atoms with Gasteiger partial charge in [-0.3, -0.25) is 25.2 Å². The van der Waals surface area contributed by atoms with Gasteiger partial charge < -0.3 is 14.6 Å². The zero-order valence-electron chi connectivity index (χ0n) is 15.0. The van der Waals surface area contributed by atoms with Crippen LogP contribution in [0.4, 0.5) is 0 Å². The summed E-state index contributed by atoms with van der Waals surface area (Å²) in [6, 6.07) is 10.9. The Hall–Kier alpha value is -3.20. The summed E-state index contributed by atoms with van der Waals surface area (Å²) < 4.78 is 10.1. The van der Waals surface area contributed by atoms with Gasteiger partial charge in [-0.25, -0.2) is 0 Å². The maximum absolute atomic E-state index is 12.3. The number of rotatable bonds is 5. The minimum absolute atomic E-state index is 0.121. The van der Waals surface area contributed by atoms with E-state index in [0.717, 1.165) is 5.56 Å². The van der Waals surface area contributed by atoms with Crippen molar-refractivity contribution in [1.82, 2.24) is 21.3 Å². The molecule has 3 N–H and O–H groups in total. The molecule has 4 rings (SSSR count). The number of carbonyl (C=O) groups is 3. The summed E-state index contributed by atoms with van der Waals surface area (Å²) in [6.07, 6.45) is 0.999. The highest BCUT2D eigenvalue weighted by Gasteiger charge is 2.36. The molecule has 146 valence electrons. The van der Waals surface area contributed by atoms with E-state index in [9.17, 15) is 14.4 Å². The maximum Gasteiger partial charge on any atom is 0.290 e. The molecule has 3 amide bonds. The van der Waals surface area contributed by atoms with E-state index < -0.39 is 0 Å². The van der Waals surface area contributed by atoms with Gasteiger partial charge in [0.05, 0.1) is 19.1 Å². The Morgan fingerprint density at radius 3 is 2.29 bits per heavy atom. The summed E-state index contributed by atoms with van der Waals surface area (Å²) in [5.41, 5.74) is 6.28. The first-order valence-corrected chi connectivity index (χ1v) is 9.10. The minimum Gasteiger partial charge on any atom is -0.380 e. The van der Waals surface area contributed by atoms with Crippen molar-refractivity contribution < 1.29 is 23.6 Å². The fraction of sp³-hybridized carbons (Fsp3) is 0.368. The molecular weight excluding hydrogens is 364 g/mol. The molecule has 28 heavy (non-hydrogen) atoms. The Bertz CT molecular complexity index is 871. The third kappa shape index (κ3) is 3.89. The van der Waals surface area contributed by atoms with E-state index in [4.69, 9.17) is 9.26 Å². The molecular formula is C19H20N4O5. The van der Waals surface area contributed by atoms with Gasteiger partial charge in [0.2, 0.25) is 17.6 Å². The average molecular weight is 384 g/mol. The molecule has 9 nitrogen and oxygen atoms in total. The Balaban J connectivity index is 1.21. The maximum atomic E-state index is 12.3. The van der Waals surface area contributed by atoms with E-state index in [0.29, 0.717) is 31.7 Å². The predicted octanol–water partition coefficient (Wildman–Crippen LogP) is 0.644. The zero-order chi connectivity index (χ0) is 19.5. The lowest BCUT2D eigenvalue weighted by Gasteiger charge is -2.34. The van der Waals surface area contributed by atoms with E-state index in [-0.39, 0.29) is 41.4 Å². The van der Waals surface area contributed by atoms with Gasteiger partial charge in [-0.1, -0.05) is 35.5 Å². The summed E-state index contributed by atoms with van der Waals surface area (Å²) in [4.78, 5) is 36.0. The molecule has 1 aromatic carbocycles. The number of hydrogen-bond acceptors (Lipinski definition) is 6. The quantitative estimate of drug-likeness (QED) is 0.651. The average Bonchev–Trinajstić information content (AvgIpc) is 3.12. The standard InChI is InChI=1S/C19H20N4O5/c24-17(21-22-18(25)13-9-27-10-13)12-6-14(7-12)20-19(26)16-8-15(23-28-16)11-4-2-1-3-5-11/h1-5,8,12-14H,6-7,9-10H2,(H,20,26)(H,21,24)(H,22,25)/t12-,14-. The van der Waals surface area contributed by atoms with Crippen LogP contribution in [0.5, 0.6) is 0 Å². The van der Waals surface area contributed by atoms with Crippen LogP contribution in [0.25, 0.3) is 11.3 Å². The molecule has 1 saturated carbocycles. The number of nitrogens with one attached hydrogen (secondary N) is 3. The van der Waals surface area contributed by atoms with Crippen LogP contribution in [0, 0.1) is 11.8 Å². The molecule has 2 fully saturated rings. The van der Waals surface area contributed by atoms with Crippen molar-refractivity contribution in [3.05, 3.63) is 42.2 Å². The molecule has 0 atom stereocenters. The van der Waals surface area contributed by atoms with Gasteiger partial charge >= 0.3 is 0 Å². The first-order valence-electron chi connectivity index (χ1n) is 9.10. The van der Waals surface area contributed by atoms with E-state index in [2.05, 4.69) is 21.3 Å². The molecule has 2 aromatic rings. The third-order valence-electron chi connectivity index (χ3n) is 4.97. The second kappa shape index (κ2) is 7.81. The molecule has 0 spiro atoms. The van der Waals surface area contributed by atoms with Crippen LogP contribution >= 0.6 is 0 Å².